The molecule has 1 heterocycles. The lowest BCUT2D eigenvalue weighted by atomic mass is 10.00. The molecule has 1 unspecified atom stereocenters. The lowest BCUT2D eigenvalue weighted by Gasteiger charge is -2.11. The summed E-state index contributed by atoms with van der Waals surface area (Å²) in [6, 6.07) is 1.15. The van der Waals surface area contributed by atoms with Crippen molar-refractivity contribution in [3.05, 3.63) is 22.2 Å². The molecule has 0 amide bonds. The zero-order valence-corrected chi connectivity index (χ0v) is 9.80. The zero-order chi connectivity index (χ0) is 11.9. The lowest BCUT2D eigenvalue weighted by Crippen LogP contribution is -2.27. The number of ketones is 1. The van der Waals surface area contributed by atoms with Gasteiger partial charge in [-0.05, 0) is 25.5 Å². The summed E-state index contributed by atoms with van der Waals surface area (Å²) >= 11 is 6.12. The highest BCUT2D eigenvalue weighted by molar-refractivity contribution is 6.36. The lowest BCUT2D eigenvalue weighted by molar-refractivity contribution is 0.0967. The molecule has 0 saturated heterocycles. The van der Waals surface area contributed by atoms with Gasteiger partial charge in [0.25, 0.3) is 0 Å². The fourth-order valence-corrected chi connectivity index (χ4v) is 2.04. The molecule has 0 fully saturated rings. The van der Waals surface area contributed by atoms with Crippen molar-refractivity contribution in [2.75, 3.05) is 6.79 Å². The average molecular weight is 242 g/mol. The smallest absolute Gasteiger partial charge is 0.231 e. The summed E-state index contributed by atoms with van der Waals surface area (Å²) in [5.74, 6) is 0.806. The van der Waals surface area contributed by atoms with Crippen LogP contribution in [0, 0.1) is 6.92 Å². The second kappa shape index (κ2) is 3.96. The monoisotopic (exact) mass is 241 g/mol. The molecule has 2 rings (SSSR count). The van der Waals surface area contributed by atoms with Gasteiger partial charge in [-0.25, -0.2) is 0 Å². The van der Waals surface area contributed by atoms with Gasteiger partial charge in [-0.15, -0.1) is 0 Å². The molecule has 2 N–H and O–H groups in total. The maximum atomic E-state index is 11.9. The minimum Gasteiger partial charge on any atom is -0.454 e. The topological polar surface area (TPSA) is 61.6 Å². The summed E-state index contributed by atoms with van der Waals surface area (Å²) in [5.41, 5.74) is 6.74. The van der Waals surface area contributed by atoms with E-state index in [9.17, 15) is 4.79 Å². The van der Waals surface area contributed by atoms with E-state index >= 15 is 0 Å². The first-order valence-corrected chi connectivity index (χ1v) is 5.28. The predicted molar refractivity (Wildman–Crippen MR) is 60.3 cm³/mol. The van der Waals surface area contributed by atoms with E-state index in [1.165, 1.54) is 0 Å². The van der Waals surface area contributed by atoms with Crippen molar-refractivity contribution in [1.29, 1.82) is 0 Å². The molecule has 86 valence electrons. The van der Waals surface area contributed by atoms with Gasteiger partial charge in [0, 0.05) is 5.56 Å². The Morgan fingerprint density at radius 3 is 2.88 bits per heavy atom. The standard InChI is InChI=1S/C11H12ClNO3/c1-5-3-7-11(16-4-15-7)9(12)8(5)10(14)6(2)13/h3,6H,4,13H2,1-2H3. The third kappa shape index (κ3) is 1.64. The molecular weight excluding hydrogens is 230 g/mol. The van der Waals surface area contributed by atoms with Crippen molar-refractivity contribution < 1.29 is 14.3 Å². The van der Waals surface area contributed by atoms with Gasteiger partial charge in [0.1, 0.15) is 0 Å². The first kappa shape index (κ1) is 11.2. The fourth-order valence-electron chi connectivity index (χ4n) is 1.65. The van der Waals surface area contributed by atoms with Gasteiger partial charge >= 0.3 is 0 Å². The number of carbonyl (C=O) groups excluding carboxylic acids is 1. The van der Waals surface area contributed by atoms with E-state index in [0.29, 0.717) is 17.1 Å². The molecule has 5 heteroatoms. The van der Waals surface area contributed by atoms with Crippen LogP contribution in [0.2, 0.25) is 5.02 Å². The van der Waals surface area contributed by atoms with Gasteiger partial charge in [0.15, 0.2) is 17.3 Å². The fraction of sp³-hybridized carbons (Fsp3) is 0.364. The molecule has 0 spiro atoms. The molecule has 0 bridgehead atoms. The minimum absolute atomic E-state index is 0.129. The van der Waals surface area contributed by atoms with E-state index in [0.717, 1.165) is 5.56 Å². The maximum Gasteiger partial charge on any atom is 0.231 e. The summed E-state index contributed by atoms with van der Waals surface area (Å²) in [7, 11) is 0. The van der Waals surface area contributed by atoms with E-state index < -0.39 is 6.04 Å². The van der Waals surface area contributed by atoms with E-state index in [1.54, 1.807) is 19.9 Å². The number of hydrogen-bond donors (Lipinski definition) is 1. The summed E-state index contributed by atoms with van der Waals surface area (Å²) in [6.45, 7) is 3.55. The molecule has 0 aliphatic carbocycles. The molecule has 1 aromatic carbocycles. The van der Waals surface area contributed by atoms with Crippen LogP contribution in [0.4, 0.5) is 0 Å². The molecule has 0 saturated carbocycles. The Morgan fingerprint density at radius 1 is 1.56 bits per heavy atom. The highest BCUT2D eigenvalue weighted by Gasteiger charge is 2.26. The van der Waals surface area contributed by atoms with Gasteiger partial charge < -0.3 is 15.2 Å². The van der Waals surface area contributed by atoms with Crippen LogP contribution in [0.3, 0.4) is 0 Å². The number of halogens is 1. The van der Waals surface area contributed by atoms with Gasteiger partial charge in [0.05, 0.1) is 11.1 Å². The highest BCUT2D eigenvalue weighted by atomic mass is 35.5. The Morgan fingerprint density at radius 2 is 2.25 bits per heavy atom. The van der Waals surface area contributed by atoms with E-state index in [-0.39, 0.29) is 17.6 Å². The predicted octanol–water partition coefficient (Wildman–Crippen LogP) is 1.91. The molecule has 1 aliphatic heterocycles. The average Bonchev–Trinajstić information content (AvgIpc) is 2.65. The van der Waals surface area contributed by atoms with Gasteiger partial charge in [-0.2, -0.15) is 0 Å². The Balaban J connectivity index is 2.58. The number of rotatable bonds is 2. The van der Waals surface area contributed by atoms with Gasteiger partial charge in [-0.1, -0.05) is 11.6 Å². The molecule has 1 aliphatic rings. The van der Waals surface area contributed by atoms with Crippen LogP contribution in [-0.2, 0) is 0 Å². The number of aryl methyl sites for hydroxylation is 1. The minimum atomic E-state index is -0.587. The summed E-state index contributed by atoms with van der Waals surface area (Å²) in [6.07, 6.45) is 0. The Labute approximate surface area is 98.3 Å². The molecule has 0 aromatic heterocycles. The van der Waals surface area contributed by atoms with Crippen LogP contribution in [-0.4, -0.2) is 18.6 Å². The van der Waals surface area contributed by atoms with Crippen molar-refractivity contribution >= 4 is 17.4 Å². The van der Waals surface area contributed by atoms with Crippen LogP contribution in [0.15, 0.2) is 6.07 Å². The highest BCUT2D eigenvalue weighted by Crippen LogP contribution is 2.42. The number of carbonyl (C=O) groups is 1. The van der Waals surface area contributed by atoms with Gasteiger partial charge in [0.2, 0.25) is 6.79 Å². The Kier molecular flexibility index (Phi) is 2.78. The number of benzene rings is 1. The van der Waals surface area contributed by atoms with E-state index in [4.69, 9.17) is 26.8 Å². The first-order valence-electron chi connectivity index (χ1n) is 4.91. The SMILES string of the molecule is Cc1cc2c(c(Cl)c1C(=O)C(C)N)OCO2. The molecule has 0 radical (unpaired) electrons. The van der Waals surface area contributed by atoms with Crippen molar-refractivity contribution in [3.8, 4) is 11.5 Å². The van der Waals surface area contributed by atoms with Crippen LogP contribution in [0.5, 0.6) is 11.5 Å². The number of hydrogen-bond acceptors (Lipinski definition) is 4. The second-order valence-electron chi connectivity index (χ2n) is 3.77. The van der Waals surface area contributed by atoms with Crippen molar-refractivity contribution in [2.24, 2.45) is 5.73 Å². The summed E-state index contributed by atoms with van der Waals surface area (Å²) in [5, 5.41) is 0.287. The molecule has 1 atom stereocenters. The van der Waals surface area contributed by atoms with E-state index in [2.05, 4.69) is 0 Å². The number of fused-ring (bicyclic) bond motifs is 1. The van der Waals surface area contributed by atoms with Crippen LogP contribution in [0.1, 0.15) is 22.8 Å². The van der Waals surface area contributed by atoms with Crippen molar-refractivity contribution in [3.63, 3.8) is 0 Å². The van der Waals surface area contributed by atoms with Gasteiger partial charge in [-0.3, -0.25) is 4.79 Å². The summed E-state index contributed by atoms with van der Waals surface area (Å²) < 4.78 is 10.4. The molecule has 4 nitrogen and oxygen atoms in total. The summed E-state index contributed by atoms with van der Waals surface area (Å²) in [4.78, 5) is 11.9. The van der Waals surface area contributed by atoms with Crippen LogP contribution in [0.25, 0.3) is 0 Å². The van der Waals surface area contributed by atoms with Crippen LogP contribution >= 0.6 is 11.6 Å². The molecule has 16 heavy (non-hydrogen) atoms. The number of Topliss-reactive ketones (excluding diaryl/α,β-unsaturated/α-hetero) is 1. The first-order chi connectivity index (χ1) is 7.52. The third-order valence-corrected chi connectivity index (χ3v) is 2.82. The van der Waals surface area contributed by atoms with Crippen molar-refractivity contribution in [2.45, 2.75) is 19.9 Å². The zero-order valence-electron chi connectivity index (χ0n) is 9.04. The third-order valence-electron chi connectivity index (χ3n) is 2.46. The van der Waals surface area contributed by atoms with Crippen LogP contribution < -0.4 is 15.2 Å². The Hall–Kier alpha value is -1.26. The second-order valence-corrected chi connectivity index (χ2v) is 4.15. The van der Waals surface area contributed by atoms with Crippen molar-refractivity contribution in [1.82, 2.24) is 0 Å². The largest absolute Gasteiger partial charge is 0.454 e. The quantitative estimate of drug-likeness (QED) is 0.804. The number of ether oxygens (including phenoxy) is 2. The van der Waals surface area contributed by atoms with E-state index in [1.807, 2.05) is 0 Å². The number of nitrogens with two attached hydrogens (primary N) is 1. The maximum absolute atomic E-state index is 11.9. The molecule has 1 aromatic rings. The molecular formula is C11H12ClNO3. The normalized spacial score (nSPS) is 15.0. The Bertz CT molecular complexity index is 457.